The van der Waals surface area contributed by atoms with Gasteiger partial charge in [-0.2, -0.15) is 0 Å². The van der Waals surface area contributed by atoms with Crippen LogP contribution in [-0.4, -0.2) is 46.1 Å². The van der Waals surface area contributed by atoms with Gasteiger partial charge in [0.15, 0.2) is 11.7 Å². The summed E-state index contributed by atoms with van der Waals surface area (Å²) >= 11 is 6.29. The summed E-state index contributed by atoms with van der Waals surface area (Å²) in [6, 6.07) is 0. The number of halogens is 1. The van der Waals surface area contributed by atoms with Crippen LogP contribution in [0, 0.1) is 0 Å². The number of alkyl halides is 1. The van der Waals surface area contributed by atoms with Gasteiger partial charge in [0, 0.05) is 5.38 Å². The lowest BCUT2D eigenvalue weighted by molar-refractivity contribution is -0.130. The summed E-state index contributed by atoms with van der Waals surface area (Å²) in [7, 11) is 0. The van der Waals surface area contributed by atoms with Gasteiger partial charge in [-0.3, -0.25) is 9.59 Å². The van der Waals surface area contributed by atoms with E-state index in [1.165, 1.54) is 5.38 Å². The number of aliphatic carboxylic acids is 1. The molecule has 0 radical (unpaired) electrons. The van der Waals surface area contributed by atoms with Gasteiger partial charge in [-0.05, 0) is 0 Å². The maximum Gasteiger partial charge on any atom is 0.360 e. The minimum absolute atomic E-state index is 0.0307. The normalized spacial score (nSPS) is 10.9. The number of aromatic nitrogens is 1. The van der Waals surface area contributed by atoms with Gasteiger partial charge in [0.2, 0.25) is 11.6 Å². The van der Waals surface area contributed by atoms with Crippen molar-refractivity contribution in [1.82, 2.24) is 4.98 Å². The van der Waals surface area contributed by atoms with Gasteiger partial charge in [-0.25, -0.2) is 9.78 Å². The quantitative estimate of drug-likeness (QED) is 0.354. The predicted octanol–water partition coefficient (Wildman–Crippen LogP) is -0.389. The molecule has 4 N–H and O–H groups in total. The molecule has 0 saturated heterocycles. The van der Waals surface area contributed by atoms with Crippen molar-refractivity contribution in [1.29, 1.82) is 0 Å². The minimum Gasteiger partial charge on any atom is -0.476 e. The van der Waals surface area contributed by atoms with Crippen LogP contribution in [0.25, 0.3) is 0 Å². The predicted molar refractivity (Wildman–Crippen MR) is 70.8 cm³/mol. The number of nitrogens with zero attached hydrogens (tertiary/aromatic N) is 2. The van der Waals surface area contributed by atoms with E-state index in [0.29, 0.717) is 0 Å². The second-order valence-electron chi connectivity index (χ2n) is 3.20. The summed E-state index contributed by atoms with van der Waals surface area (Å²) in [4.78, 5) is 40.8. The molecule has 0 aliphatic heterocycles. The third-order valence-corrected chi connectivity index (χ3v) is 2.68. The fourth-order valence-corrected chi connectivity index (χ4v) is 1.73. The van der Waals surface area contributed by atoms with Crippen LogP contribution in [0.15, 0.2) is 10.5 Å². The molecule has 2 amide bonds. The van der Waals surface area contributed by atoms with Crippen LogP contribution in [0.1, 0.15) is 5.69 Å². The molecule has 1 aromatic heterocycles. The van der Waals surface area contributed by atoms with E-state index >= 15 is 0 Å². The van der Waals surface area contributed by atoms with E-state index in [9.17, 15) is 14.4 Å². The molecule has 0 atom stereocenters. The number of carboxylic acid groups (broad SMARTS) is 1. The lowest BCUT2D eigenvalue weighted by Crippen LogP contribution is -2.20. The Morgan fingerprint density at radius 3 is 2.80 bits per heavy atom. The number of carbonyl (C=O) groups excluding carboxylic acids is 2. The number of primary amides is 1. The number of oxime groups is 1. The Morgan fingerprint density at radius 1 is 1.55 bits per heavy atom. The summed E-state index contributed by atoms with van der Waals surface area (Å²) in [5, 5.41) is 16.1. The van der Waals surface area contributed by atoms with Gasteiger partial charge in [0.1, 0.15) is 11.6 Å². The number of rotatable bonds is 7. The van der Waals surface area contributed by atoms with Crippen LogP contribution in [0.2, 0.25) is 0 Å². The van der Waals surface area contributed by atoms with Crippen LogP contribution in [0.4, 0.5) is 5.13 Å². The minimum atomic E-state index is -1.41. The average Bonchev–Trinajstić information content (AvgIpc) is 2.81. The Morgan fingerprint density at radius 2 is 2.25 bits per heavy atom. The third-order valence-electron chi connectivity index (χ3n) is 1.68. The van der Waals surface area contributed by atoms with Crippen molar-refractivity contribution in [2.24, 2.45) is 10.9 Å². The summed E-state index contributed by atoms with van der Waals surface area (Å²) in [6.07, 6.45) is 0. The first-order chi connectivity index (χ1) is 9.43. The number of nitrogens with one attached hydrogen (secondary N) is 1. The average molecular weight is 321 g/mol. The molecule has 0 unspecified atom stereocenters. The monoisotopic (exact) mass is 320 g/mol. The zero-order valence-corrected chi connectivity index (χ0v) is 11.4. The van der Waals surface area contributed by atoms with Crippen LogP contribution in [0.5, 0.6) is 0 Å². The molecule has 0 saturated carbocycles. The van der Waals surface area contributed by atoms with Gasteiger partial charge >= 0.3 is 5.97 Å². The summed E-state index contributed by atoms with van der Waals surface area (Å²) in [5.41, 5.74) is 4.26. The zero-order chi connectivity index (χ0) is 15.1. The van der Waals surface area contributed by atoms with Crippen molar-refractivity contribution in [2.45, 2.75) is 0 Å². The molecule has 1 heterocycles. The molecule has 9 nitrogen and oxygen atoms in total. The van der Waals surface area contributed by atoms with E-state index in [1.807, 2.05) is 0 Å². The van der Waals surface area contributed by atoms with Crippen molar-refractivity contribution in [3.05, 3.63) is 11.1 Å². The number of hydrogen-bond acceptors (Lipinski definition) is 7. The second kappa shape index (κ2) is 7.40. The number of hydrogen-bond donors (Lipinski definition) is 3. The topological polar surface area (TPSA) is 144 Å². The second-order valence-corrected chi connectivity index (χ2v) is 4.33. The molecule has 108 valence electrons. The number of anilines is 1. The molecule has 20 heavy (non-hydrogen) atoms. The molecule has 11 heteroatoms. The molecule has 1 aromatic rings. The molecule has 0 spiro atoms. The Hall–Kier alpha value is -2.20. The Labute approximate surface area is 121 Å². The van der Waals surface area contributed by atoms with E-state index in [2.05, 4.69) is 20.3 Å². The molecule has 0 aliphatic rings. The molecule has 0 aliphatic carbocycles. The first kappa shape index (κ1) is 15.9. The smallest absolute Gasteiger partial charge is 0.360 e. The maximum absolute atomic E-state index is 11.0. The highest BCUT2D eigenvalue weighted by Gasteiger charge is 2.18. The van der Waals surface area contributed by atoms with Crippen molar-refractivity contribution in [3.8, 4) is 0 Å². The Bertz CT molecular complexity index is 558. The maximum atomic E-state index is 11.0. The molecule has 1 rings (SSSR count). The van der Waals surface area contributed by atoms with Crippen molar-refractivity contribution >= 4 is 51.6 Å². The fraction of sp³-hybridized carbons (Fsp3) is 0.222. The summed E-state index contributed by atoms with van der Waals surface area (Å²) in [6.45, 7) is -0.559. The van der Waals surface area contributed by atoms with Gasteiger partial charge in [0.05, 0.1) is 0 Å². The first-order valence-electron chi connectivity index (χ1n) is 4.97. The van der Waals surface area contributed by atoms with E-state index in [1.54, 1.807) is 0 Å². The number of amides is 2. The Kier molecular flexibility index (Phi) is 5.87. The fourth-order valence-electron chi connectivity index (χ4n) is 0.948. The van der Waals surface area contributed by atoms with Crippen molar-refractivity contribution < 1.29 is 24.3 Å². The van der Waals surface area contributed by atoms with E-state index in [4.69, 9.17) is 22.4 Å². The number of carboxylic acids is 1. The van der Waals surface area contributed by atoms with Crippen LogP contribution in [-0.2, 0) is 19.2 Å². The SMILES string of the molecule is NC(=O)CON=C(C(=O)O)c1csc(NC(=O)CCl)n1. The molecule has 0 bridgehead atoms. The highest BCUT2D eigenvalue weighted by molar-refractivity contribution is 7.14. The van der Waals surface area contributed by atoms with Gasteiger partial charge in [-0.1, -0.05) is 5.16 Å². The molecule has 0 aromatic carbocycles. The van der Waals surface area contributed by atoms with E-state index in [-0.39, 0.29) is 16.7 Å². The first-order valence-corrected chi connectivity index (χ1v) is 6.38. The van der Waals surface area contributed by atoms with Crippen LogP contribution >= 0.6 is 22.9 Å². The molecular weight excluding hydrogens is 312 g/mol. The number of carbonyl (C=O) groups is 3. The summed E-state index contributed by atoms with van der Waals surface area (Å²) < 4.78 is 0. The van der Waals surface area contributed by atoms with Crippen molar-refractivity contribution in [2.75, 3.05) is 17.8 Å². The van der Waals surface area contributed by atoms with Gasteiger partial charge in [0.25, 0.3) is 5.91 Å². The number of thiazole rings is 1. The third kappa shape index (κ3) is 4.82. The lowest BCUT2D eigenvalue weighted by atomic mass is 10.3. The van der Waals surface area contributed by atoms with Crippen LogP contribution < -0.4 is 11.1 Å². The molecular formula is C9H9ClN4O5S. The highest BCUT2D eigenvalue weighted by Crippen LogP contribution is 2.16. The lowest BCUT2D eigenvalue weighted by Gasteiger charge is -1.98. The van der Waals surface area contributed by atoms with Gasteiger partial charge in [-0.15, -0.1) is 22.9 Å². The van der Waals surface area contributed by atoms with Gasteiger partial charge < -0.3 is 21.0 Å². The van der Waals surface area contributed by atoms with Crippen LogP contribution in [0.3, 0.4) is 0 Å². The summed E-state index contributed by atoms with van der Waals surface area (Å²) in [5.74, 6) is -2.94. The van der Waals surface area contributed by atoms with Crippen molar-refractivity contribution in [3.63, 3.8) is 0 Å². The number of nitrogens with two attached hydrogens (primary N) is 1. The van der Waals surface area contributed by atoms with E-state index in [0.717, 1.165) is 11.3 Å². The Balaban J connectivity index is 2.85. The van der Waals surface area contributed by atoms with E-state index < -0.39 is 30.1 Å². The largest absolute Gasteiger partial charge is 0.476 e. The highest BCUT2D eigenvalue weighted by atomic mass is 35.5. The zero-order valence-electron chi connectivity index (χ0n) is 9.83. The standard InChI is InChI=1S/C9H9ClN4O5S/c10-1-6(16)13-9-12-4(3-20-9)7(8(17)18)14-19-2-5(11)15/h3H,1-2H2,(H2,11,15)(H,17,18)(H,12,13,16). The molecule has 0 fully saturated rings.